The van der Waals surface area contributed by atoms with Gasteiger partial charge in [-0.25, -0.2) is 8.78 Å². The first-order valence-corrected chi connectivity index (χ1v) is 6.39. The molecule has 2 aromatic carbocycles. The Kier molecular flexibility index (Phi) is 4.69. The summed E-state index contributed by atoms with van der Waals surface area (Å²) in [7, 11) is 3.37. The van der Waals surface area contributed by atoms with E-state index in [0.29, 0.717) is 12.0 Å². The lowest BCUT2D eigenvalue weighted by atomic mass is 9.98. The van der Waals surface area contributed by atoms with E-state index >= 15 is 0 Å². The van der Waals surface area contributed by atoms with E-state index in [0.717, 1.165) is 17.4 Å². The van der Waals surface area contributed by atoms with Gasteiger partial charge in [-0.3, -0.25) is 0 Å². The van der Waals surface area contributed by atoms with E-state index in [1.165, 1.54) is 12.1 Å². The molecule has 0 fully saturated rings. The highest BCUT2D eigenvalue weighted by molar-refractivity contribution is 5.30. The summed E-state index contributed by atoms with van der Waals surface area (Å²) in [6.45, 7) is 0. The summed E-state index contributed by atoms with van der Waals surface area (Å²) >= 11 is 0. The highest BCUT2D eigenvalue weighted by atomic mass is 19.1. The van der Waals surface area contributed by atoms with Crippen molar-refractivity contribution in [3.05, 3.63) is 65.2 Å². The second kappa shape index (κ2) is 6.48. The fraction of sp³-hybridized carbons (Fsp3) is 0.250. The summed E-state index contributed by atoms with van der Waals surface area (Å²) in [4.78, 5) is 0. The number of hydrogen-bond donors (Lipinski definition) is 1. The van der Waals surface area contributed by atoms with Gasteiger partial charge in [0.2, 0.25) is 0 Å². The first-order chi connectivity index (χ1) is 9.63. The minimum absolute atomic E-state index is 0.205. The molecule has 1 N–H and O–H groups in total. The van der Waals surface area contributed by atoms with Gasteiger partial charge in [-0.1, -0.05) is 18.2 Å². The Morgan fingerprint density at radius 3 is 2.35 bits per heavy atom. The van der Waals surface area contributed by atoms with Crippen LogP contribution in [0.1, 0.15) is 17.2 Å². The van der Waals surface area contributed by atoms with E-state index in [-0.39, 0.29) is 6.04 Å². The fourth-order valence-corrected chi connectivity index (χ4v) is 2.15. The maximum absolute atomic E-state index is 13.8. The molecule has 2 rings (SSSR count). The molecule has 106 valence electrons. The maximum Gasteiger partial charge on any atom is 0.130 e. The Balaban J connectivity index is 2.19. The van der Waals surface area contributed by atoms with Crippen LogP contribution in [0.2, 0.25) is 0 Å². The van der Waals surface area contributed by atoms with E-state index in [1.54, 1.807) is 14.2 Å². The Morgan fingerprint density at radius 2 is 1.80 bits per heavy atom. The third-order valence-electron chi connectivity index (χ3n) is 3.29. The first kappa shape index (κ1) is 14.5. The Bertz CT molecular complexity index is 569. The number of halogens is 2. The zero-order valence-corrected chi connectivity index (χ0v) is 11.5. The molecule has 20 heavy (non-hydrogen) atoms. The molecule has 2 aromatic rings. The van der Waals surface area contributed by atoms with Gasteiger partial charge in [0.15, 0.2) is 0 Å². The zero-order chi connectivity index (χ0) is 14.5. The third kappa shape index (κ3) is 3.33. The van der Waals surface area contributed by atoms with Crippen molar-refractivity contribution >= 4 is 0 Å². The number of hydrogen-bond acceptors (Lipinski definition) is 2. The van der Waals surface area contributed by atoms with Crippen molar-refractivity contribution in [2.45, 2.75) is 12.5 Å². The van der Waals surface area contributed by atoms with Crippen molar-refractivity contribution in [1.29, 1.82) is 0 Å². The molecule has 2 nitrogen and oxygen atoms in total. The molecule has 0 bridgehead atoms. The van der Waals surface area contributed by atoms with Crippen molar-refractivity contribution in [3.8, 4) is 5.75 Å². The summed E-state index contributed by atoms with van der Waals surface area (Å²) < 4.78 is 31.9. The molecule has 0 aliphatic carbocycles. The molecular weight excluding hydrogens is 260 g/mol. The third-order valence-corrected chi connectivity index (χ3v) is 3.29. The van der Waals surface area contributed by atoms with Gasteiger partial charge in [-0.15, -0.1) is 0 Å². The van der Waals surface area contributed by atoms with Crippen molar-refractivity contribution in [2.24, 2.45) is 0 Å². The second-order valence-electron chi connectivity index (χ2n) is 4.56. The van der Waals surface area contributed by atoms with Gasteiger partial charge in [0.1, 0.15) is 17.4 Å². The van der Waals surface area contributed by atoms with Crippen molar-refractivity contribution in [1.82, 2.24) is 5.32 Å². The molecule has 0 radical (unpaired) electrons. The van der Waals surface area contributed by atoms with E-state index in [1.807, 2.05) is 24.3 Å². The molecule has 0 saturated carbocycles. The van der Waals surface area contributed by atoms with Crippen LogP contribution in [-0.4, -0.2) is 14.2 Å². The minimum atomic E-state index is -0.564. The van der Waals surface area contributed by atoms with Gasteiger partial charge in [0.05, 0.1) is 7.11 Å². The summed E-state index contributed by atoms with van der Waals surface area (Å²) in [6, 6.07) is 11.1. The van der Waals surface area contributed by atoms with Crippen LogP contribution in [0.5, 0.6) is 5.75 Å². The maximum atomic E-state index is 13.8. The number of benzene rings is 2. The lowest BCUT2D eigenvalue weighted by molar-refractivity contribution is 0.414. The zero-order valence-electron chi connectivity index (χ0n) is 11.5. The number of ether oxygens (including phenoxy) is 1. The molecule has 1 atom stereocenters. The second-order valence-corrected chi connectivity index (χ2v) is 4.56. The number of methoxy groups -OCH3 is 1. The van der Waals surface area contributed by atoms with Crippen LogP contribution >= 0.6 is 0 Å². The molecule has 0 heterocycles. The highest BCUT2D eigenvalue weighted by Crippen LogP contribution is 2.23. The van der Waals surface area contributed by atoms with Crippen LogP contribution in [0.25, 0.3) is 0 Å². The molecule has 0 saturated heterocycles. The van der Waals surface area contributed by atoms with E-state index < -0.39 is 11.6 Å². The standard InChI is InChI=1S/C16H17F2NO/c1-19-16(14-8-5-12(17)10-15(14)18)9-11-3-6-13(20-2)7-4-11/h3-8,10,16,19H,9H2,1-2H3. The van der Waals surface area contributed by atoms with Crippen LogP contribution in [0.3, 0.4) is 0 Å². The lowest BCUT2D eigenvalue weighted by Crippen LogP contribution is -2.20. The van der Waals surface area contributed by atoms with Crippen LogP contribution < -0.4 is 10.1 Å². The molecule has 1 unspecified atom stereocenters. The van der Waals surface area contributed by atoms with Gasteiger partial charge >= 0.3 is 0 Å². The normalized spacial score (nSPS) is 12.2. The summed E-state index contributed by atoms with van der Waals surface area (Å²) in [5, 5.41) is 3.06. The monoisotopic (exact) mass is 277 g/mol. The topological polar surface area (TPSA) is 21.3 Å². The van der Waals surface area contributed by atoms with Gasteiger partial charge in [-0.2, -0.15) is 0 Å². The number of rotatable bonds is 5. The Hall–Kier alpha value is -1.94. The quantitative estimate of drug-likeness (QED) is 0.903. The molecule has 0 amide bonds. The molecule has 0 aliphatic heterocycles. The summed E-state index contributed by atoms with van der Waals surface area (Å²) in [5.74, 6) is -0.314. The van der Waals surface area contributed by atoms with Gasteiger partial charge in [-0.05, 0) is 37.2 Å². The summed E-state index contributed by atoms with van der Waals surface area (Å²) in [5.41, 5.74) is 1.51. The molecule has 4 heteroatoms. The van der Waals surface area contributed by atoms with Crippen molar-refractivity contribution in [2.75, 3.05) is 14.2 Å². The lowest BCUT2D eigenvalue weighted by Gasteiger charge is -2.17. The largest absolute Gasteiger partial charge is 0.497 e. The fourth-order valence-electron chi connectivity index (χ4n) is 2.15. The van der Waals surface area contributed by atoms with Gasteiger partial charge < -0.3 is 10.1 Å². The van der Waals surface area contributed by atoms with Gasteiger partial charge in [0, 0.05) is 17.7 Å². The first-order valence-electron chi connectivity index (χ1n) is 6.39. The Labute approximate surface area is 117 Å². The number of nitrogens with one attached hydrogen (secondary N) is 1. The Morgan fingerprint density at radius 1 is 1.10 bits per heavy atom. The van der Waals surface area contributed by atoms with Crippen LogP contribution in [0, 0.1) is 11.6 Å². The molecule has 0 spiro atoms. The van der Waals surface area contributed by atoms with Crippen molar-refractivity contribution in [3.63, 3.8) is 0 Å². The predicted molar refractivity (Wildman–Crippen MR) is 74.9 cm³/mol. The van der Waals surface area contributed by atoms with Gasteiger partial charge in [0.25, 0.3) is 0 Å². The van der Waals surface area contributed by atoms with Crippen LogP contribution in [0.15, 0.2) is 42.5 Å². The van der Waals surface area contributed by atoms with E-state index in [9.17, 15) is 8.78 Å². The van der Waals surface area contributed by atoms with Crippen molar-refractivity contribution < 1.29 is 13.5 Å². The average molecular weight is 277 g/mol. The number of likely N-dealkylation sites (N-methyl/N-ethyl adjacent to an activating group) is 1. The average Bonchev–Trinajstić information content (AvgIpc) is 2.46. The van der Waals surface area contributed by atoms with Crippen LogP contribution in [0.4, 0.5) is 8.78 Å². The molecule has 0 aliphatic rings. The predicted octanol–water partition coefficient (Wildman–Crippen LogP) is 3.48. The summed E-state index contributed by atoms with van der Waals surface area (Å²) in [6.07, 6.45) is 0.614. The molecule has 0 aromatic heterocycles. The van der Waals surface area contributed by atoms with E-state index in [2.05, 4.69) is 5.32 Å². The molecular formula is C16H17F2NO. The van der Waals surface area contributed by atoms with E-state index in [4.69, 9.17) is 4.74 Å². The SMILES string of the molecule is CNC(Cc1ccc(OC)cc1)c1ccc(F)cc1F. The minimum Gasteiger partial charge on any atom is -0.497 e. The van der Waals surface area contributed by atoms with Crippen LogP contribution in [-0.2, 0) is 6.42 Å². The smallest absolute Gasteiger partial charge is 0.130 e. The highest BCUT2D eigenvalue weighted by Gasteiger charge is 2.15.